The van der Waals surface area contributed by atoms with Gasteiger partial charge in [0.15, 0.2) is 7.28 Å². The molecule has 0 N–H and O–H groups in total. The summed E-state index contributed by atoms with van der Waals surface area (Å²) < 4.78 is 0. The van der Waals surface area contributed by atoms with Crippen LogP contribution in [0.1, 0.15) is 36.3 Å². The van der Waals surface area contributed by atoms with E-state index in [-0.39, 0.29) is 23.9 Å². The second-order valence-electron chi connectivity index (χ2n) is 4.96. The molecule has 0 heterocycles. The van der Waals surface area contributed by atoms with E-state index in [0.717, 1.165) is 12.8 Å². The lowest BCUT2D eigenvalue weighted by Gasteiger charge is -2.21. The third-order valence-electron chi connectivity index (χ3n) is 3.38. The number of benzene rings is 1. The molecule has 0 amide bonds. The Balaban J connectivity index is 2.29. The quantitative estimate of drug-likeness (QED) is 0.568. The smallest absolute Gasteiger partial charge is 0.154 e. The molecular formula is C14H17BO2. The van der Waals surface area contributed by atoms with Gasteiger partial charge in [0, 0.05) is 12.8 Å². The normalized spacial score (nSPS) is 17.3. The van der Waals surface area contributed by atoms with Gasteiger partial charge in [0.05, 0.1) is 6.42 Å². The second-order valence-corrected chi connectivity index (χ2v) is 4.96. The molecule has 2 rings (SSSR count). The van der Waals surface area contributed by atoms with Crippen LogP contribution in [0.25, 0.3) is 0 Å². The van der Waals surface area contributed by atoms with Crippen molar-refractivity contribution < 1.29 is 9.59 Å². The van der Waals surface area contributed by atoms with Crippen LogP contribution in [0.5, 0.6) is 0 Å². The number of carbonyl (C=O) groups is 2. The third-order valence-corrected chi connectivity index (χ3v) is 3.38. The highest BCUT2D eigenvalue weighted by Gasteiger charge is 2.26. The highest BCUT2D eigenvalue weighted by molar-refractivity contribution is 6.51. The molecule has 3 heteroatoms. The van der Waals surface area contributed by atoms with Gasteiger partial charge in [-0.3, -0.25) is 9.59 Å². The summed E-state index contributed by atoms with van der Waals surface area (Å²) in [6.07, 6.45) is 1.19. The van der Waals surface area contributed by atoms with E-state index in [9.17, 15) is 9.59 Å². The maximum atomic E-state index is 11.5. The summed E-state index contributed by atoms with van der Waals surface area (Å²) >= 11 is 0. The Labute approximate surface area is 103 Å². The lowest BCUT2D eigenvalue weighted by molar-refractivity contribution is -0.130. The molecule has 0 atom stereocenters. The fourth-order valence-electron chi connectivity index (χ4n) is 2.56. The minimum Gasteiger partial charge on any atom is -0.299 e. The summed E-state index contributed by atoms with van der Waals surface area (Å²) in [7, 11) is 0.989. The molecular weight excluding hydrogens is 211 g/mol. The van der Waals surface area contributed by atoms with Crippen molar-refractivity contribution in [3.63, 3.8) is 0 Å². The summed E-state index contributed by atoms with van der Waals surface area (Å²) in [4.78, 5) is 23.0. The van der Waals surface area contributed by atoms with Crippen molar-refractivity contribution in [2.75, 3.05) is 0 Å². The number of hydrogen-bond donors (Lipinski definition) is 0. The molecule has 1 aliphatic carbocycles. The van der Waals surface area contributed by atoms with Crippen molar-refractivity contribution in [2.45, 2.75) is 38.9 Å². The van der Waals surface area contributed by atoms with Crippen LogP contribution in [0.3, 0.4) is 0 Å². The molecule has 0 aromatic heterocycles. The van der Waals surface area contributed by atoms with Crippen molar-refractivity contribution in [3.05, 3.63) is 29.3 Å². The lowest BCUT2D eigenvalue weighted by Crippen LogP contribution is -2.22. The Kier molecular flexibility index (Phi) is 3.46. The number of ketones is 2. The largest absolute Gasteiger partial charge is 0.299 e. The predicted molar refractivity (Wildman–Crippen MR) is 70.4 cm³/mol. The second kappa shape index (κ2) is 4.86. The Morgan fingerprint density at radius 1 is 1.12 bits per heavy atom. The molecule has 0 unspecified atom stereocenters. The standard InChI is InChI=1S/C14H17BO2/c1-9-3-10(5-12(4-9)15-2)11-6-13(16)8-14(17)7-11/h3-5,11,15H,6-8H2,1-2H3. The van der Waals surface area contributed by atoms with Crippen LogP contribution in [-0.4, -0.2) is 18.8 Å². The van der Waals surface area contributed by atoms with Crippen LogP contribution in [0.4, 0.5) is 0 Å². The van der Waals surface area contributed by atoms with E-state index in [4.69, 9.17) is 0 Å². The van der Waals surface area contributed by atoms with E-state index < -0.39 is 0 Å². The first-order valence-corrected chi connectivity index (χ1v) is 6.22. The van der Waals surface area contributed by atoms with Crippen LogP contribution < -0.4 is 5.46 Å². The molecule has 0 radical (unpaired) electrons. The highest BCUT2D eigenvalue weighted by atomic mass is 16.1. The van der Waals surface area contributed by atoms with Gasteiger partial charge in [-0.1, -0.05) is 36.0 Å². The molecule has 17 heavy (non-hydrogen) atoms. The summed E-state index contributed by atoms with van der Waals surface area (Å²) in [5, 5.41) is 0. The minimum absolute atomic E-state index is 0.0887. The fraction of sp³-hybridized carbons (Fsp3) is 0.429. The van der Waals surface area contributed by atoms with Gasteiger partial charge in [-0.2, -0.15) is 0 Å². The number of aryl methyl sites for hydroxylation is 1. The molecule has 0 saturated heterocycles. The molecule has 0 aliphatic heterocycles. The van der Waals surface area contributed by atoms with E-state index in [1.54, 1.807) is 0 Å². The SMILES string of the molecule is CBc1cc(C)cc(C2CC(=O)CC(=O)C2)c1. The van der Waals surface area contributed by atoms with Gasteiger partial charge in [-0.15, -0.1) is 0 Å². The fourth-order valence-corrected chi connectivity index (χ4v) is 2.56. The Morgan fingerprint density at radius 2 is 1.76 bits per heavy atom. The Morgan fingerprint density at radius 3 is 2.35 bits per heavy atom. The number of rotatable bonds is 2. The average molecular weight is 228 g/mol. The Bertz CT molecular complexity index is 449. The first kappa shape index (κ1) is 12.1. The highest BCUT2D eigenvalue weighted by Crippen LogP contribution is 2.29. The zero-order valence-corrected chi connectivity index (χ0v) is 10.5. The maximum Gasteiger partial charge on any atom is 0.154 e. The maximum absolute atomic E-state index is 11.5. The molecule has 0 spiro atoms. The van der Waals surface area contributed by atoms with Crippen molar-refractivity contribution in [1.82, 2.24) is 0 Å². The van der Waals surface area contributed by atoms with Gasteiger partial charge >= 0.3 is 0 Å². The van der Waals surface area contributed by atoms with E-state index in [1.807, 2.05) is 0 Å². The molecule has 2 nitrogen and oxygen atoms in total. The van der Waals surface area contributed by atoms with E-state index in [2.05, 4.69) is 31.9 Å². The van der Waals surface area contributed by atoms with Crippen molar-refractivity contribution >= 4 is 24.3 Å². The van der Waals surface area contributed by atoms with Crippen LogP contribution in [0, 0.1) is 6.92 Å². The summed E-state index contributed by atoms with van der Waals surface area (Å²) in [6, 6.07) is 6.41. The van der Waals surface area contributed by atoms with Crippen LogP contribution in [-0.2, 0) is 9.59 Å². The number of hydrogen-bond acceptors (Lipinski definition) is 2. The zero-order valence-electron chi connectivity index (χ0n) is 10.5. The van der Waals surface area contributed by atoms with Crippen molar-refractivity contribution in [1.29, 1.82) is 0 Å². The van der Waals surface area contributed by atoms with Gasteiger partial charge < -0.3 is 0 Å². The molecule has 0 bridgehead atoms. The van der Waals surface area contributed by atoms with Gasteiger partial charge in [0.2, 0.25) is 0 Å². The van der Waals surface area contributed by atoms with Crippen molar-refractivity contribution in [3.8, 4) is 0 Å². The van der Waals surface area contributed by atoms with E-state index in [0.29, 0.717) is 12.8 Å². The zero-order chi connectivity index (χ0) is 12.4. The van der Waals surface area contributed by atoms with Gasteiger partial charge in [-0.05, 0) is 18.4 Å². The lowest BCUT2D eigenvalue weighted by atomic mass is 9.71. The predicted octanol–water partition coefficient (Wildman–Crippen LogP) is 1.51. The first-order valence-electron chi connectivity index (χ1n) is 6.22. The molecule has 1 aromatic rings. The topological polar surface area (TPSA) is 34.1 Å². The van der Waals surface area contributed by atoms with Crippen molar-refractivity contribution in [2.24, 2.45) is 0 Å². The molecule has 1 aliphatic rings. The Hall–Kier alpha value is -1.38. The molecule has 1 fully saturated rings. The molecule has 1 aromatic carbocycles. The monoisotopic (exact) mass is 228 g/mol. The van der Waals surface area contributed by atoms with Gasteiger partial charge in [0.25, 0.3) is 0 Å². The number of carbonyl (C=O) groups excluding carboxylic acids is 2. The summed E-state index contributed by atoms with van der Waals surface area (Å²) in [5.41, 5.74) is 3.65. The van der Waals surface area contributed by atoms with Crippen LogP contribution >= 0.6 is 0 Å². The summed E-state index contributed by atoms with van der Waals surface area (Å²) in [6.45, 7) is 4.19. The van der Waals surface area contributed by atoms with E-state index in [1.165, 1.54) is 11.0 Å². The van der Waals surface area contributed by atoms with Crippen LogP contribution in [0.15, 0.2) is 18.2 Å². The number of Topliss-reactive ketones (excluding diaryl/α,β-unsaturated/α-hetero) is 2. The molecule has 1 saturated carbocycles. The van der Waals surface area contributed by atoms with E-state index >= 15 is 0 Å². The molecule has 88 valence electrons. The van der Waals surface area contributed by atoms with Crippen LogP contribution in [0.2, 0.25) is 6.82 Å². The van der Waals surface area contributed by atoms with Gasteiger partial charge in [0.1, 0.15) is 11.6 Å². The minimum atomic E-state index is 0.0887. The first-order chi connectivity index (χ1) is 8.08. The average Bonchev–Trinajstić information content (AvgIpc) is 2.26. The summed E-state index contributed by atoms with van der Waals surface area (Å²) in [5.74, 6) is 0.283. The van der Waals surface area contributed by atoms with Gasteiger partial charge in [-0.25, -0.2) is 0 Å². The third kappa shape index (κ3) is 2.84.